The Balaban J connectivity index is 1.85. The van der Waals surface area contributed by atoms with Crippen molar-refractivity contribution in [3.63, 3.8) is 0 Å². The first-order valence-corrected chi connectivity index (χ1v) is 5.95. The summed E-state index contributed by atoms with van der Waals surface area (Å²) in [5.74, 6) is 0.336. The van der Waals surface area contributed by atoms with Crippen LogP contribution in [0.5, 0.6) is 0 Å². The third-order valence-corrected chi connectivity index (χ3v) is 2.82. The second-order valence-electron chi connectivity index (χ2n) is 4.17. The molecule has 2 N–H and O–H groups in total. The van der Waals surface area contributed by atoms with Crippen LogP contribution in [0.2, 0.25) is 0 Å². The molecule has 0 unspecified atom stereocenters. The highest BCUT2D eigenvalue weighted by Crippen LogP contribution is 2.29. The number of hydrazine groups is 1. The maximum Gasteiger partial charge on any atom is 0.219 e. The van der Waals surface area contributed by atoms with Crippen LogP contribution in [-0.2, 0) is 0 Å². The number of nitriles is 1. The lowest BCUT2D eigenvalue weighted by molar-refractivity contribution is 0.907. The normalized spacial score (nSPS) is 12.8. The number of nitrogens with zero attached hydrogens (tertiary/aromatic N) is 3. The van der Waals surface area contributed by atoms with Crippen molar-refractivity contribution < 1.29 is 0 Å². The van der Waals surface area contributed by atoms with Gasteiger partial charge in [0.25, 0.3) is 0 Å². The third-order valence-electron chi connectivity index (χ3n) is 2.82. The van der Waals surface area contributed by atoms with Crippen molar-refractivity contribution in [1.82, 2.24) is 5.43 Å². The molecule has 6 nitrogen and oxygen atoms in total. The molecule has 2 aromatic rings. The highest BCUT2D eigenvalue weighted by Gasteiger charge is 2.12. The summed E-state index contributed by atoms with van der Waals surface area (Å²) in [6.07, 6.45) is 0. The monoisotopic (exact) mass is 264 g/mol. The third kappa shape index (κ3) is 2.25. The van der Waals surface area contributed by atoms with E-state index in [1.54, 1.807) is 42.5 Å². The summed E-state index contributed by atoms with van der Waals surface area (Å²) in [7, 11) is 0. The lowest BCUT2D eigenvalue weighted by Crippen LogP contribution is -2.44. The van der Waals surface area contributed by atoms with Gasteiger partial charge in [-0.1, -0.05) is 12.1 Å². The molecule has 2 aromatic carbocycles. The second-order valence-corrected chi connectivity index (χ2v) is 4.17. The molecule has 98 valence electrons. The van der Waals surface area contributed by atoms with Crippen molar-refractivity contribution in [2.45, 2.75) is 0 Å². The minimum atomic E-state index is 0.336. The fourth-order valence-electron chi connectivity index (χ4n) is 1.85. The Morgan fingerprint density at radius 1 is 1.15 bits per heavy atom. The zero-order valence-corrected chi connectivity index (χ0v) is 10.4. The number of para-hydroxylation sites is 2. The molecule has 0 spiro atoms. The zero-order chi connectivity index (χ0) is 13.9. The van der Waals surface area contributed by atoms with Crippen molar-refractivity contribution in [3.05, 3.63) is 59.3 Å². The van der Waals surface area contributed by atoms with Crippen molar-refractivity contribution in [2.75, 3.05) is 10.5 Å². The maximum absolute atomic E-state index is 11.8. The average Bonchev–Trinajstić information content (AvgIpc) is 2.48. The van der Waals surface area contributed by atoms with E-state index >= 15 is 0 Å². The number of fused-ring (bicyclic) bond motifs is 1. The van der Waals surface area contributed by atoms with Gasteiger partial charge in [-0.3, -0.25) is 5.43 Å². The SMILES string of the molecule is N#Cc1ccc(NC2=Nc3ccccc3N([O-])N2)cc1. The Labute approximate surface area is 115 Å². The van der Waals surface area contributed by atoms with Gasteiger partial charge in [0.1, 0.15) is 0 Å². The van der Waals surface area contributed by atoms with Gasteiger partial charge in [0.2, 0.25) is 5.96 Å². The lowest BCUT2D eigenvalue weighted by atomic mass is 10.2. The standard InChI is InChI=1S/C14H10N5O/c15-9-10-5-7-11(8-6-10)16-14-17-12-3-1-2-4-13(12)19(20)18-14/h1-8H,(H2,16,17,18)/q-1. The number of guanidine groups is 1. The first kappa shape index (κ1) is 12.0. The molecule has 0 saturated heterocycles. The summed E-state index contributed by atoms with van der Waals surface area (Å²) < 4.78 is 0. The number of hydrogen-bond acceptors (Lipinski definition) is 6. The molecule has 0 aliphatic carbocycles. The number of benzene rings is 2. The van der Waals surface area contributed by atoms with Crippen LogP contribution in [0.15, 0.2) is 53.5 Å². The van der Waals surface area contributed by atoms with Gasteiger partial charge in [0, 0.05) is 5.69 Å². The molecule has 0 amide bonds. The largest absolute Gasteiger partial charge is 0.739 e. The van der Waals surface area contributed by atoms with Crippen LogP contribution in [0, 0.1) is 16.5 Å². The van der Waals surface area contributed by atoms with Gasteiger partial charge < -0.3 is 15.7 Å². The van der Waals surface area contributed by atoms with E-state index in [2.05, 4.69) is 15.7 Å². The molecule has 0 radical (unpaired) electrons. The van der Waals surface area contributed by atoms with Crippen LogP contribution in [0.4, 0.5) is 17.1 Å². The van der Waals surface area contributed by atoms with Crippen LogP contribution in [0.25, 0.3) is 0 Å². The molecular formula is C14H10N5O-. The molecule has 1 heterocycles. The van der Waals surface area contributed by atoms with Gasteiger partial charge in [0.15, 0.2) is 0 Å². The number of rotatable bonds is 1. The van der Waals surface area contributed by atoms with Crippen LogP contribution < -0.4 is 15.9 Å². The number of anilines is 2. The Kier molecular flexibility index (Phi) is 2.95. The van der Waals surface area contributed by atoms with Crippen molar-refractivity contribution in [1.29, 1.82) is 5.26 Å². The van der Waals surface area contributed by atoms with Gasteiger partial charge in [-0.25, -0.2) is 4.99 Å². The molecule has 1 aliphatic rings. The molecule has 0 saturated carbocycles. The van der Waals surface area contributed by atoms with Gasteiger partial charge in [-0.05, 0) is 36.4 Å². The lowest BCUT2D eigenvalue weighted by Gasteiger charge is -2.36. The van der Waals surface area contributed by atoms with E-state index in [1.165, 1.54) is 0 Å². The van der Waals surface area contributed by atoms with Crippen LogP contribution >= 0.6 is 0 Å². The topological polar surface area (TPSA) is 86.5 Å². The van der Waals surface area contributed by atoms with E-state index in [1.807, 2.05) is 12.1 Å². The Hall–Kier alpha value is -3.04. The number of hydrogen-bond donors (Lipinski definition) is 2. The predicted octanol–water partition coefficient (Wildman–Crippen LogP) is 2.48. The highest BCUT2D eigenvalue weighted by atomic mass is 16.5. The smallest absolute Gasteiger partial charge is 0.219 e. The zero-order valence-electron chi connectivity index (χ0n) is 10.4. The second kappa shape index (κ2) is 4.91. The first-order valence-electron chi connectivity index (χ1n) is 5.95. The summed E-state index contributed by atoms with van der Waals surface area (Å²) in [6, 6.07) is 16.0. The quantitative estimate of drug-likeness (QED) is 0.826. The summed E-state index contributed by atoms with van der Waals surface area (Å²) in [6.45, 7) is 0. The van der Waals surface area contributed by atoms with Gasteiger partial charge >= 0.3 is 0 Å². The minimum Gasteiger partial charge on any atom is -0.739 e. The first-order chi connectivity index (χ1) is 9.76. The summed E-state index contributed by atoms with van der Waals surface area (Å²) in [4.78, 5) is 4.32. The number of nitrogens with one attached hydrogen (secondary N) is 2. The van der Waals surface area contributed by atoms with E-state index in [0.717, 1.165) is 5.69 Å². The van der Waals surface area contributed by atoms with Crippen LogP contribution in [0.1, 0.15) is 5.56 Å². The van der Waals surface area contributed by atoms with Crippen molar-refractivity contribution >= 4 is 23.0 Å². The van der Waals surface area contributed by atoms with Gasteiger partial charge in [0.05, 0.1) is 23.0 Å². The Morgan fingerprint density at radius 3 is 2.65 bits per heavy atom. The van der Waals surface area contributed by atoms with Crippen LogP contribution in [-0.4, -0.2) is 5.96 Å². The van der Waals surface area contributed by atoms with E-state index in [9.17, 15) is 5.21 Å². The molecule has 1 aliphatic heterocycles. The molecule has 0 atom stereocenters. The molecule has 0 fully saturated rings. The van der Waals surface area contributed by atoms with Gasteiger partial charge in [-0.2, -0.15) is 5.26 Å². The Morgan fingerprint density at radius 2 is 1.90 bits per heavy atom. The minimum absolute atomic E-state index is 0.336. The molecule has 20 heavy (non-hydrogen) atoms. The highest BCUT2D eigenvalue weighted by molar-refractivity contribution is 5.99. The molecule has 6 heteroatoms. The molecule has 0 aromatic heterocycles. The Bertz CT molecular complexity index is 702. The average molecular weight is 264 g/mol. The summed E-state index contributed by atoms with van der Waals surface area (Å²) in [5.41, 5.74) is 4.98. The maximum atomic E-state index is 11.8. The fourth-order valence-corrected chi connectivity index (χ4v) is 1.85. The fraction of sp³-hybridized carbons (Fsp3) is 0. The molecule has 3 rings (SSSR count). The van der Waals surface area contributed by atoms with Gasteiger partial charge in [-0.15, -0.1) is 0 Å². The predicted molar refractivity (Wildman–Crippen MR) is 77.3 cm³/mol. The van der Waals surface area contributed by atoms with E-state index in [-0.39, 0.29) is 0 Å². The van der Waals surface area contributed by atoms with Crippen molar-refractivity contribution in [3.8, 4) is 6.07 Å². The van der Waals surface area contributed by atoms with Crippen molar-refractivity contribution in [2.24, 2.45) is 4.99 Å². The molecule has 0 bridgehead atoms. The van der Waals surface area contributed by atoms with E-state index in [0.29, 0.717) is 28.1 Å². The number of aliphatic imine (C=N–C) groups is 1. The summed E-state index contributed by atoms with van der Waals surface area (Å²) >= 11 is 0. The van der Waals surface area contributed by atoms with E-state index in [4.69, 9.17) is 5.26 Å². The van der Waals surface area contributed by atoms with E-state index < -0.39 is 0 Å². The summed E-state index contributed by atoms with van der Waals surface area (Å²) in [5, 5.41) is 24.2. The van der Waals surface area contributed by atoms with Crippen LogP contribution in [0.3, 0.4) is 0 Å². The molecular weight excluding hydrogens is 254 g/mol.